The SMILES string of the molecule is CC1CC(c2ccncc2Nc2ncc(/C=C\C(=N)c3c(F)cc(C4CCOCC4)cc3F)[nH]2)CC(N)C1C. The summed E-state index contributed by atoms with van der Waals surface area (Å²) in [7, 11) is 0. The molecule has 7 nitrogen and oxygen atoms in total. The van der Waals surface area contributed by atoms with E-state index < -0.39 is 11.6 Å². The van der Waals surface area contributed by atoms with E-state index in [0.717, 1.165) is 36.9 Å². The zero-order chi connectivity index (χ0) is 27.5. The van der Waals surface area contributed by atoms with Crippen molar-refractivity contribution in [2.75, 3.05) is 18.5 Å². The number of imidazole rings is 1. The average Bonchev–Trinajstić information content (AvgIpc) is 3.38. The molecule has 4 unspecified atom stereocenters. The van der Waals surface area contributed by atoms with Gasteiger partial charge in [-0.25, -0.2) is 13.8 Å². The molecular weight excluding hydrogens is 498 g/mol. The fourth-order valence-corrected chi connectivity index (χ4v) is 5.83. The van der Waals surface area contributed by atoms with Gasteiger partial charge in [-0.2, -0.15) is 0 Å². The summed E-state index contributed by atoms with van der Waals surface area (Å²) in [6.07, 6.45) is 11.6. The predicted octanol–water partition coefficient (Wildman–Crippen LogP) is 6.28. The number of hydrogen-bond donors (Lipinski definition) is 4. The predicted molar refractivity (Wildman–Crippen MR) is 149 cm³/mol. The summed E-state index contributed by atoms with van der Waals surface area (Å²) < 4.78 is 35.1. The van der Waals surface area contributed by atoms with E-state index in [1.54, 1.807) is 24.7 Å². The lowest BCUT2D eigenvalue weighted by Crippen LogP contribution is -2.39. The van der Waals surface area contributed by atoms with Crippen LogP contribution in [0.4, 0.5) is 20.4 Å². The van der Waals surface area contributed by atoms with Crippen molar-refractivity contribution >= 4 is 23.4 Å². The van der Waals surface area contributed by atoms with Crippen molar-refractivity contribution in [1.82, 2.24) is 15.0 Å². The van der Waals surface area contributed by atoms with E-state index >= 15 is 0 Å². The van der Waals surface area contributed by atoms with Crippen molar-refractivity contribution in [3.8, 4) is 0 Å². The van der Waals surface area contributed by atoms with E-state index in [1.165, 1.54) is 18.2 Å². The molecule has 2 fully saturated rings. The van der Waals surface area contributed by atoms with Gasteiger partial charge >= 0.3 is 0 Å². The van der Waals surface area contributed by atoms with Crippen LogP contribution in [0.15, 0.2) is 42.9 Å². The summed E-state index contributed by atoms with van der Waals surface area (Å²) in [5.74, 6) is 0.471. The minimum atomic E-state index is -0.728. The summed E-state index contributed by atoms with van der Waals surface area (Å²) in [5, 5.41) is 11.6. The lowest BCUT2D eigenvalue weighted by Gasteiger charge is -2.37. The fourth-order valence-electron chi connectivity index (χ4n) is 5.83. The van der Waals surface area contributed by atoms with E-state index in [0.29, 0.717) is 48.2 Å². The average molecular weight is 535 g/mol. The first-order valence-corrected chi connectivity index (χ1v) is 13.6. The van der Waals surface area contributed by atoms with Crippen LogP contribution in [0.3, 0.4) is 0 Å². The van der Waals surface area contributed by atoms with Gasteiger partial charge in [0.2, 0.25) is 5.95 Å². The van der Waals surface area contributed by atoms with Crippen LogP contribution in [-0.4, -0.2) is 39.9 Å². The van der Waals surface area contributed by atoms with Crippen LogP contribution < -0.4 is 11.1 Å². The Kier molecular flexibility index (Phi) is 8.18. The van der Waals surface area contributed by atoms with Gasteiger partial charge in [0.15, 0.2) is 0 Å². The van der Waals surface area contributed by atoms with Crippen LogP contribution in [0.1, 0.15) is 73.8 Å². The summed E-state index contributed by atoms with van der Waals surface area (Å²) in [4.78, 5) is 11.8. The molecule has 0 spiro atoms. The highest BCUT2D eigenvalue weighted by atomic mass is 19.1. The van der Waals surface area contributed by atoms with Gasteiger partial charge in [-0.05, 0) is 90.8 Å². The third-order valence-electron chi connectivity index (χ3n) is 8.39. The molecule has 0 amide bonds. The topological polar surface area (TPSA) is 113 Å². The molecule has 4 atom stereocenters. The van der Waals surface area contributed by atoms with Gasteiger partial charge in [0, 0.05) is 25.5 Å². The molecule has 3 heterocycles. The molecule has 3 aromatic rings. The number of nitrogens with one attached hydrogen (secondary N) is 3. The lowest BCUT2D eigenvalue weighted by molar-refractivity contribution is 0.0852. The molecule has 1 aliphatic heterocycles. The quantitative estimate of drug-likeness (QED) is 0.267. The van der Waals surface area contributed by atoms with Gasteiger partial charge in [-0.1, -0.05) is 13.8 Å². The monoisotopic (exact) mass is 534 g/mol. The standard InChI is InChI=1S/C30H36F2N6O/c1-17-11-21(14-27(34)18(17)2)23-5-8-35-16-28(23)38-30-36-15-22(37-30)3-4-26(33)29-24(31)12-20(13-25(29)32)19-6-9-39-10-7-19/h3-5,8,12-13,15-19,21,27,33H,6-7,9-11,14,34H2,1-2H3,(H2,36,37,38)/b4-3-,33-26?. The zero-order valence-electron chi connectivity index (χ0n) is 22.4. The minimum Gasteiger partial charge on any atom is -0.381 e. The van der Waals surface area contributed by atoms with Crippen LogP contribution in [0.25, 0.3) is 6.08 Å². The maximum Gasteiger partial charge on any atom is 0.205 e. The second kappa shape index (κ2) is 11.8. The first-order chi connectivity index (χ1) is 18.8. The molecular formula is C30H36F2N6O. The second-order valence-corrected chi connectivity index (χ2v) is 10.9. The van der Waals surface area contributed by atoms with E-state index in [1.807, 2.05) is 6.07 Å². The molecule has 1 aliphatic carbocycles. The molecule has 1 aromatic carbocycles. The van der Waals surface area contributed by atoms with E-state index in [4.69, 9.17) is 15.9 Å². The largest absolute Gasteiger partial charge is 0.381 e. The second-order valence-electron chi connectivity index (χ2n) is 10.9. The van der Waals surface area contributed by atoms with Crippen molar-refractivity contribution in [1.29, 1.82) is 5.41 Å². The lowest BCUT2D eigenvalue weighted by atomic mass is 9.71. The van der Waals surface area contributed by atoms with E-state index in [9.17, 15) is 8.78 Å². The first-order valence-electron chi connectivity index (χ1n) is 13.6. The van der Waals surface area contributed by atoms with Crippen LogP contribution >= 0.6 is 0 Å². The highest BCUT2D eigenvalue weighted by Crippen LogP contribution is 2.41. The summed E-state index contributed by atoms with van der Waals surface area (Å²) >= 11 is 0. The van der Waals surface area contributed by atoms with Crippen molar-refractivity contribution in [2.45, 2.75) is 57.4 Å². The molecule has 206 valence electrons. The van der Waals surface area contributed by atoms with Crippen molar-refractivity contribution < 1.29 is 13.5 Å². The van der Waals surface area contributed by atoms with Crippen molar-refractivity contribution in [3.05, 3.63) is 76.9 Å². The third kappa shape index (κ3) is 6.09. The van der Waals surface area contributed by atoms with Gasteiger partial charge < -0.3 is 26.2 Å². The molecule has 5 rings (SSSR count). The number of halogens is 2. The number of rotatable bonds is 7. The molecule has 39 heavy (non-hydrogen) atoms. The molecule has 5 N–H and O–H groups in total. The number of ether oxygens (including phenoxy) is 1. The summed E-state index contributed by atoms with van der Waals surface area (Å²) in [6, 6.07) is 4.88. The normalized spacial score (nSPS) is 24.2. The number of pyridine rings is 1. The number of nitrogens with zero attached hydrogens (tertiary/aromatic N) is 2. The van der Waals surface area contributed by atoms with Gasteiger partial charge in [0.05, 0.1) is 35.1 Å². The molecule has 0 bridgehead atoms. The Morgan fingerprint density at radius 1 is 1.13 bits per heavy atom. The van der Waals surface area contributed by atoms with Gasteiger partial charge in [0.1, 0.15) is 11.6 Å². The van der Waals surface area contributed by atoms with Gasteiger partial charge in [-0.3, -0.25) is 4.98 Å². The Morgan fingerprint density at radius 2 is 1.87 bits per heavy atom. The first kappa shape index (κ1) is 27.1. The Bertz CT molecular complexity index is 1310. The summed E-state index contributed by atoms with van der Waals surface area (Å²) in [5.41, 5.74) is 9.07. The molecule has 2 aliphatic rings. The van der Waals surface area contributed by atoms with Gasteiger partial charge in [-0.15, -0.1) is 0 Å². The van der Waals surface area contributed by atoms with E-state index in [2.05, 4.69) is 34.1 Å². The van der Waals surface area contributed by atoms with Crippen molar-refractivity contribution in [3.63, 3.8) is 0 Å². The fraction of sp³-hybridized carbons (Fsp3) is 0.433. The Balaban J connectivity index is 1.27. The molecule has 2 aromatic heterocycles. The number of nitrogens with two attached hydrogens (primary N) is 1. The number of anilines is 2. The molecule has 0 radical (unpaired) electrons. The number of hydrogen-bond acceptors (Lipinski definition) is 6. The maximum absolute atomic E-state index is 14.9. The van der Waals surface area contributed by atoms with E-state index in [-0.39, 0.29) is 23.2 Å². The number of aromatic nitrogens is 3. The Morgan fingerprint density at radius 3 is 2.59 bits per heavy atom. The molecule has 1 saturated carbocycles. The Labute approximate surface area is 227 Å². The summed E-state index contributed by atoms with van der Waals surface area (Å²) in [6.45, 7) is 5.65. The zero-order valence-corrected chi connectivity index (χ0v) is 22.4. The third-order valence-corrected chi connectivity index (χ3v) is 8.39. The number of aromatic amines is 1. The molecule has 9 heteroatoms. The number of allylic oxidation sites excluding steroid dienone is 1. The minimum absolute atomic E-state index is 0.0691. The maximum atomic E-state index is 14.9. The Hall–Kier alpha value is -3.43. The number of H-pyrrole nitrogens is 1. The van der Waals surface area contributed by atoms with Gasteiger partial charge in [0.25, 0.3) is 0 Å². The van der Waals surface area contributed by atoms with Crippen LogP contribution in [0, 0.1) is 28.9 Å². The number of benzene rings is 1. The smallest absolute Gasteiger partial charge is 0.205 e. The molecule has 1 saturated heterocycles. The van der Waals surface area contributed by atoms with Crippen LogP contribution in [0.2, 0.25) is 0 Å². The van der Waals surface area contributed by atoms with Crippen LogP contribution in [0.5, 0.6) is 0 Å². The van der Waals surface area contributed by atoms with Crippen LogP contribution in [-0.2, 0) is 4.74 Å². The highest BCUT2D eigenvalue weighted by molar-refractivity contribution is 6.09. The van der Waals surface area contributed by atoms with Crippen molar-refractivity contribution in [2.24, 2.45) is 17.6 Å². The highest BCUT2D eigenvalue weighted by Gasteiger charge is 2.32.